The number of nitrogens with zero attached hydrogens (tertiary/aromatic N) is 2. The van der Waals surface area contributed by atoms with Crippen molar-refractivity contribution in [3.8, 4) is 5.88 Å². The van der Waals surface area contributed by atoms with Crippen LogP contribution in [0.25, 0.3) is 0 Å². The lowest BCUT2D eigenvalue weighted by molar-refractivity contribution is -0.115. The van der Waals surface area contributed by atoms with Gasteiger partial charge in [-0.3, -0.25) is 14.6 Å². The van der Waals surface area contributed by atoms with E-state index in [4.69, 9.17) is 0 Å². The predicted molar refractivity (Wildman–Crippen MR) is 79.3 cm³/mol. The molecule has 7 nitrogen and oxygen atoms in total. The largest absolute Gasteiger partial charge is 0.493 e. The van der Waals surface area contributed by atoms with Crippen LogP contribution in [0.15, 0.2) is 40.5 Å². The lowest BCUT2D eigenvalue weighted by atomic mass is 10.3. The molecular weight excluding hydrogens is 292 g/mol. The molecule has 2 rings (SSSR count). The summed E-state index contributed by atoms with van der Waals surface area (Å²) in [5, 5.41) is 11.8. The third kappa shape index (κ3) is 4.32. The number of rotatable bonds is 5. The van der Waals surface area contributed by atoms with E-state index in [1.165, 1.54) is 0 Å². The number of aromatic nitrogens is 3. The number of amides is 1. The van der Waals surface area contributed by atoms with Crippen LogP contribution in [-0.2, 0) is 4.79 Å². The maximum atomic E-state index is 12.2. The molecule has 2 heterocycles. The van der Waals surface area contributed by atoms with Gasteiger partial charge in [-0.05, 0) is 18.6 Å². The molecule has 0 aliphatic heterocycles. The number of carbonyl (C=O) groups is 1. The zero-order chi connectivity index (χ0) is 15.2. The molecule has 2 aromatic rings. The lowest BCUT2D eigenvalue weighted by Crippen LogP contribution is -2.25. The fraction of sp³-hybridized carbons (Fsp3) is 0.231. The second-order valence-electron chi connectivity index (χ2n) is 4.15. The van der Waals surface area contributed by atoms with Crippen LogP contribution in [0.3, 0.4) is 0 Å². The van der Waals surface area contributed by atoms with Crippen molar-refractivity contribution < 1.29 is 9.90 Å². The number of nitrogens with one attached hydrogen (secondary N) is 2. The van der Waals surface area contributed by atoms with Gasteiger partial charge in [0, 0.05) is 6.20 Å². The van der Waals surface area contributed by atoms with Gasteiger partial charge in [0.1, 0.15) is 0 Å². The first kappa shape index (κ1) is 15.0. The van der Waals surface area contributed by atoms with Crippen LogP contribution in [0, 0.1) is 0 Å². The number of hydrogen-bond acceptors (Lipinski definition) is 6. The molecule has 1 unspecified atom stereocenters. The number of aromatic hydroxyl groups is 1. The minimum Gasteiger partial charge on any atom is -0.493 e. The molecule has 0 bridgehead atoms. The smallest absolute Gasteiger partial charge is 0.255 e. The van der Waals surface area contributed by atoms with Gasteiger partial charge in [0.25, 0.3) is 5.56 Å². The van der Waals surface area contributed by atoms with Crippen molar-refractivity contribution in [2.45, 2.75) is 23.8 Å². The van der Waals surface area contributed by atoms with Gasteiger partial charge in [-0.2, -0.15) is 4.98 Å². The highest BCUT2D eigenvalue weighted by Gasteiger charge is 2.19. The molecule has 0 aliphatic rings. The minimum atomic E-state index is -0.465. The maximum Gasteiger partial charge on any atom is 0.255 e. The molecule has 3 N–H and O–H groups in total. The van der Waals surface area contributed by atoms with E-state index >= 15 is 0 Å². The third-order valence-electron chi connectivity index (χ3n) is 2.55. The Labute approximate surface area is 124 Å². The number of thioether (sulfide) groups is 1. The average molecular weight is 306 g/mol. The normalized spacial score (nSPS) is 11.9. The molecule has 110 valence electrons. The summed E-state index contributed by atoms with van der Waals surface area (Å²) in [4.78, 5) is 33.6. The monoisotopic (exact) mass is 306 g/mol. The van der Waals surface area contributed by atoms with Gasteiger partial charge in [-0.15, -0.1) is 0 Å². The van der Waals surface area contributed by atoms with Crippen molar-refractivity contribution in [3.05, 3.63) is 40.9 Å². The zero-order valence-electron chi connectivity index (χ0n) is 11.2. The number of carbonyl (C=O) groups excluding carboxylic acids is 1. The summed E-state index contributed by atoms with van der Waals surface area (Å²) in [6.45, 7) is 1.85. The molecule has 8 heteroatoms. The molecule has 0 saturated carbocycles. The summed E-state index contributed by atoms with van der Waals surface area (Å²) in [6.07, 6.45) is 3.70. The number of aromatic amines is 1. The lowest BCUT2D eigenvalue weighted by Gasteiger charge is -2.13. The van der Waals surface area contributed by atoms with Gasteiger partial charge < -0.3 is 15.4 Å². The van der Waals surface area contributed by atoms with E-state index in [2.05, 4.69) is 20.3 Å². The molecule has 1 atom stereocenters. The van der Waals surface area contributed by atoms with Crippen LogP contribution < -0.4 is 10.9 Å². The first-order chi connectivity index (χ1) is 10.1. The van der Waals surface area contributed by atoms with E-state index in [-0.39, 0.29) is 16.9 Å². The van der Waals surface area contributed by atoms with E-state index < -0.39 is 10.8 Å². The molecule has 0 fully saturated rings. The summed E-state index contributed by atoms with van der Waals surface area (Å²) in [6, 6.07) is 4.43. The Morgan fingerprint density at radius 1 is 1.57 bits per heavy atom. The van der Waals surface area contributed by atoms with Gasteiger partial charge in [-0.25, -0.2) is 0 Å². The Hall–Kier alpha value is -2.35. The van der Waals surface area contributed by atoms with Crippen LogP contribution >= 0.6 is 11.8 Å². The molecule has 21 heavy (non-hydrogen) atoms. The first-order valence-corrected chi connectivity index (χ1v) is 7.14. The molecular formula is C13H14N4O3S. The molecule has 0 aromatic carbocycles. The van der Waals surface area contributed by atoms with Crippen LogP contribution in [0.1, 0.15) is 13.3 Å². The Morgan fingerprint density at radius 2 is 2.38 bits per heavy atom. The van der Waals surface area contributed by atoms with Crippen LogP contribution in [0.5, 0.6) is 5.88 Å². The predicted octanol–water partition coefficient (Wildman–Crippen LogP) is 1.38. The SMILES string of the molecule is CCC(Sc1nc(O)cc(=O)[nH]1)C(=O)Nc1cccnc1. The highest BCUT2D eigenvalue weighted by atomic mass is 32.2. The summed E-state index contributed by atoms with van der Waals surface area (Å²) in [5.74, 6) is -0.592. The summed E-state index contributed by atoms with van der Waals surface area (Å²) < 4.78 is 0. The number of hydrogen-bond donors (Lipinski definition) is 3. The van der Waals surface area contributed by atoms with Crippen molar-refractivity contribution in [2.75, 3.05) is 5.32 Å². The van der Waals surface area contributed by atoms with Crippen molar-refractivity contribution in [2.24, 2.45) is 0 Å². The first-order valence-electron chi connectivity index (χ1n) is 6.26. The quantitative estimate of drug-likeness (QED) is 0.569. The molecule has 0 radical (unpaired) electrons. The Kier molecular flexibility index (Phi) is 4.94. The fourth-order valence-electron chi connectivity index (χ4n) is 1.60. The highest BCUT2D eigenvalue weighted by molar-refractivity contribution is 8.00. The average Bonchev–Trinajstić information content (AvgIpc) is 2.44. The molecule has 0 saturated heterocycles. The van der Waals surface area contributed by atoms with E-state index in [0.717, 1.165) is 17.8 Å². The zero-order valence-corrected chi connectivity index (χ0v) is 12.1. The number of H-pyrrole nitrogens is 1. The Balaban J connectivity index is 2.08. The van der Waals surface area contributed by atoms with Crippen molar-refractivity contribution >= 4 is 23.4 Å². The topological polar surface area (TPSA) is 108 Å². The van der Waals surface area contributed by atoms with Gasteiger partial charge >= 0.3 is 0 Å². The van der Waals surface area contributed by atoms with Gasteiger partial charge in [-0.1, -0.05) is 18.7 Å². The molecule has 0 aliphatic carbocycles. The summed E-state index contributed by atoms with van der Waals surface area (Å²) in [5.41, 5.74) is 0.131. The standard InChI is InChI=1S/C13H14N4O3S/c1-2-9(12(20)15-8-4-3-5-14-7-8)21-13-16-10(18)6-11(19)17-13/h3-7,9H,2H2,1H3,(H,15,20)(H2,16,17,18,19). The van der Waals surface area contributed by atoms with Crippen molar-refractivity contribution in [3.63, 3.8) is 0 Å². The van der Waals surface area contributed by atoms with E-state index in [9.17, 15) is 14.7 Å². The Morgan fingerprint density at radius 3 is 3.00 bits per heavy atom. The number of anilines is 1. The Bertz CT molecular complexity index is 675. The second kappa shape index (κ2) is 6.89. The number of pyridine rings is 1. The van der Waals surface area contributed by atoms with E-state index in [0.29, 0.717) is 12.1 Å². The second-order valence-corrected chi connectivity index (χ2v) is 5.35. The maximum absolute atomic E-state index is 12.2. The van der Waals surface area contributed by atoms with E-state index in [1.54, 1.807) is 24.5 Å². The van der Waals surface area contributed by atoms with E-state index in [1.807, 2.05) is 6.92 Å². The fourth-order valence-corrected chi connectivity index (χ4v) is 2.50. The van der Waals surface area contributed by atoms with Crippen molar-refractivity contribution in [1.29, 1.82) is 0 Å². The summed E-state index contributed by atoms with van der Waals surface area (Å²) >= 11 is 1.09. The third-order valence-corrected chi connectivity index (χ3v) is 3.80. The summed E-state index contributed by atoms with van der Waals surface area (Å²) in [7, 11) is 0. The molecule has 1 amide bonds. The highest BCUT2D eigenvalue weighted by Crippen LogP contribution is 2.23. The van der Waals surface area contributed by atoms with Crippen LogP contribution in [-0.4, -0.2) is 31.2 Å². The van der Waals surface area contributed by atoms with Crippen LogP contribution in [0.2, 0.25) is 0 Å². The molecule has 2 aromatic heterocycles. The van der Waals surface area contributed by atoms with Gasteiger partial charge in [0.15, 0.2) is 5.16 Å². The van der Waals surface area contributed by atoms with Crippen LogP contribution in [0.4, 0.5) is 5.69 Å². The minimum absolute atomic E-state index is 0.202. The van der Waals surface area contributed by atoms with Gasteiger partial charge in [0.2, 0.25) is 11.8 Å². The molecule has 0 spiro atoms. The van der Waals surface area contributed by atoms with Gasteiger partial charge in [0.05, 0.1) is 23.2 Å². The van der Waals surface area contributed by atoms with Crippen molar-refractivity contribution in [1.82, 2.24) is 15.0 Å².